The summed E-state index contributed by atoms with van der Waals surface area (Å²) in [7, 11) is -1.76. The first-order valence-corrected chi connectivity index (χ1v) is 14.3. The predicted octanol–water partition coefficient (Wildman–Crippen LogP) is 3.20. The zero-order valence-electron chi connectivity index (χ0n) is 21.8. The van der Waals surface area contributed by atoms with Crippen molar-refractivity contribution >= 4 is 21.1 Å². The topological polar surface area (TPSA) is 113 Å². The van der Waals surface area contributed by atoms with Crippen molar-refractivity contribution in [1.82, 2.24) is 29.0 Å². The van der Waals surface area contributed by atoms with E-state index >= 15 is 0 Å². The van der Waals surface area contributed by atoms with Crippen LogP contribution in [0.1, 0.15) is 20.3 Å². The predicted molar refractivity (Wildman–Crippen MR) is 147 cm³/mol. The van der Waals surface area contributed by atoms with Crippen molar-refractivity contribution in [3.05, 3.63) is 58.9 Å². The number of rotatable bonds is 8. The summed E-state index contributed by atoms with van der Waals surface area (Å²) in [5, 5.41) is 5.05. The van der Waals surface area contributed by atoms with Crippen molar-refractivity contribution in [3.63, 3.8) is 0 Å². The van der Waals surface area contributed by atoms with Crippen LogP contribution < -0.4 is 10.3 Å². The quantitative estimate of drug-likeness (QED) is 0.368. The average molecular weight is 537 g/mol. The fourth-order valence-electron chi connectivity index (χ4n) is 4.60. The van der Waals surface area contributed by atoms with Gasteiger partial charge in [0.15, 0.2) is 5.65 Å². The van der Waals surface area contributed by atoms with Crippen LogP contribution in [0.25, 0.3) is 33.7 Å². The second-order valence-corrected chi connectivity index (χ2v) is 11.3. The first-order chi connectivity index (χ1) is 18.3. The fourth-order valence-corrected chi connectivity index (χ4v) is 6.04. The molecule has 11 heteroatoms. The number of hydrogen-bond acceptors (Lipinski definition) is 7. The molecular formula is C27H32N6O4S. The molecule has 4 aromatic rings. The molecule has 1 fully saturated rings. The Hall–Kier alpha value is -3.54. The van der Waals surface area contributed by atoms with Crippen molar-refractivity contribution in [1.29, 1.82) is 0 Å². The molecule has 0 aliphatic carbocycles. The lowest BCUT2D eigenvalue weighted by Gasteiger charge is -2.31. The van der Waals surface area contributed by atoms with E-state index in [1.165, 1.54) is 4.31 Å². The maximum absolute atomic E-state index is 13.5. The van der Waals surface area contributed by atoms with Crippen LogP contribution >= 0.6 is 0 Å². The number of ether oxygens (including phenoxy) is 1. The Bertz CT molecular complexity index is 1610. The van der Waals surface area contributed by atoms with Gasteiger partial charge < -0.3 is 14.6 Å². The maximum Gasteiger partial charge on any atom is 0.262 e. The normalized spacial score (nSPS) is 15.2. The van der Waals surface area contributed by atoms with Gasteiger partial charge in [0.2, 0.25) is 10.0 Å². The van der Waals surface area contributed by atoms with Crippen molar-refractivity contribution in [2.75, 3.05) is 39.8 Å². The Morgan fingerprint density at radius 2 is 1.76 bits per heavy atom. The van der Waals surface area contributed by atoms with E-state index in [1.807, 2.05) is 51.2 Å². The Morgan fingerprint density at radius 1 is 1.03 bits per heavy atom. The number of nitrogens with zero attached hydrogens (tertiary/aromatic N) is 5. The van der Waals surface area contributed by atoms with Crippen LogP contribution in [-0.4, -0.2) is 77.2 Å². The highest BCUT2D eigenvalue weighted by atomic mass is 32.2. The van der Waals surface area contributed by atoms with E-state index in [1.54, 1.807) is 22.9 Å². The molecule has 38 heavy (non-hydrogen) atoms. The van der Waals surface area contributed by atoms with Gasteiger partial charge in [-0.15, -0.1) is 0 Å². The van der Waals surface area contributed by atoms with Gasteiger partial charge >= 0.3 is 0 Å². The van der Waals surface area contributed by atoms with Crippen LogP contribution in [0.4, 0.5) is 0 Å². The van der Waals surface area contributed by atoms with Gasteiger partial charge in [-0.2, -0.15) is 9.40 Å². The van der Waals surface area contributed by atoms with E-state index in [0.29, 0.717) is 67.4 Å². The average Bonchev–Trinajstić information content (AvgIpc) is 3.32. The monoisotopic (exact) mass is 536 g/mol. The van der Waals surface area contributed by atoms with Crippen LogP contribution in [0.2, 0.25) is 0 Å². The zero-order valence-corrected chi connectivity index (χ0v) is 22.7. The van der Waals surface area contributed by atoms with Crippen molar-refractivity contribution in [2.45, 2.75) is 31.7 Å². The van der Waals surface area contributed by atoms with Gasteiger partial charge in [-0.1, -0.05) is 37.3 Å². The molecule has 0 unspecified atom stereocenters. The number of hydrogen-bond donors (Lipinski definition) is 1. The van der Waals surface area contributed by atoms with Gasteiger partial charge in [0.05, 0.1) is 17.1 Å². The van der Waals surface area contributed by atoms with Crippen LogP contribution in [0.3, 0.4) is 0 Å². The van der Waals surface area contributed by atoms with Gasteiger partial charge in [0.1, 0.15) is 22.7 Å². The van der Waals surface area contributed by atoms with Gasteiger partial charge in [-0.05, 0) is 38.6 Å². The molecule has 1 aliphatic rings. The summed E-state index contributed by atoms with van der Waals surface area (Å²) in [6.45, 7) is 7.04. The Labute approximate surface area is 221 Å². The van der Waals surface area contributed by atoms with E-state index in [4.69, 9.17) is 9.72 Å². The molecule has 0 radical (unpaired) electrons. The van der Waals surface area contributed by atoms with Crippen LogP contribution in [-0.2, 0) is 16.6 Å². The standard InChI is InChI=1S/C27H32N6O4S/c1-4-17-37-22-12-11-20(38(35,36)32-15-13-31(3)14-16-32)18-21(22)25-28-26-23(27(34)29-25)24(30-33(26)5-2)19-9-7-6-8-10-19/h6-12,18H,4-5,13-17H2,1-3H3,(H,28,29,34). The molecule has 0 spiro atoms. The van der Waals surface area contributed by atoms with Crippen LogP contribution in [0.15, 0.2) is 58.2 Å². The summed E-state index contributed by atoms with van der Waals surface area (Å²) in [6, 6.07) is 14.2. The molecule has 1 aliphatic heterocycles. The highest BCUT2D eigenvalue weighted by Gasteiger charge is 2.29. The number of likely N-dealkylation sites (N-methyl/N-ethyl adjacent to an activating group) is 1. The van der Waals surface area contributed by atoms with Crippen molar-refractivity contribution in [3.8, 4) is 28.4 Å². The number of aromatic amines is 1. The first-order valence-electron chi connectivity index (χ1n) is 12.9. The molecule has 2 aromatic carbocycles. The Balaban J connectivity index is 1.66. The van der Waals surface area contributed by atoms with Gasteiger partial charge in [-0.25, -0.2) is 18.1 Å². The number of piperazine rings is 1. The lowest BCUT2D eigenvalue weighted by molar-refractivity contribution is 0.222. The number of aryl methyl sites for hydroxylation is 1. The van der Waals surface area contributed by atoms with E-state index in [-0.39, 0.29) is 16.3 Å². The molecule has 2 aromatic heterocycles. The number of benzene rings is 2. The third-order valence-electron chi connectivity index (χ3n) is 6.72. The summed E-state index contributed by atoms with van der Waals surface area (Å²) in [4.78, 5) is 23.4. The SMILES string of the molecule is CCCOc1ccc(S(=O)(=O)N2CCN(C)CC2)cc1-c1nc2c(c(-c3ccccc3)nn2CC)c(=O)[nH]1. The molecule has 5 rings (SSSR count). The smallest absolute Gasteiger partial charge is 0.262 e. The third-order valence-corrected chi connectivity index (χ3v) is 8.61. The number of sulfonamides is 1. The molecule has 1 N–H and O–H groups in total. The van der Waals surface area contributed by atoms with Crippen LogP contribution in [0, 0.1) is 0 Å². The van der Waals surface area contributed by atoms with Gasteiger partial charge in [0, 0.05) is 38.3 Å². The molecule has 0 saturated carbocycles. The number of aromatic nitrogens is 4. The summed E-state index contributed by atoms with van der Waals surface area (Å²) >= 11 is 0. The third kappa shape index (κ3) is 4.84. The highest BCUT2D eigenvalue weighted by Crippen LogP contribution is 2.33. The van der Waals surface area contributed by atoms with E-state index in [0.717, 1.165) is 12.0 Å². The molecule has 0 amide bonds. The second kappa shape index (κ2) is 10.7. The lowest BCUT2D eigenvalue weighted by Crippen LogP contribution is -2.47. The van der Waals surface area contributed by atoms with E-state index < -0.39 is 10.0 Å². The fraction of sp³-hybridized carbons (Fsp3) is 0.370. The summed E-state index contributed by atoms with van der Waals surface area (Å²) in [6.07, 6.45) is 0.771. The Kier molecular flexibility index (Phi) is 7.33. The maximum atomic E-state index is 13.5. The largest absolute Gasteiger partial charge is 0.493 e. The molecular weight excluding hydrogens is 504 g/mol. The molecule has 10 nitrogen and oxygen atoms in total. The summed E-state index contributed by atoms with van der Waals surface area (Å²) in [5.74, 6) is 0.691. The zero-order chi connectivity index (χ0) is 26.9. The number of nitrogens with one attached hydrogen (secondary N) is 1. The molecule has 1 saturated heterocycles. The summed E-state index contributed by atoms with van der Waals surface area (Å²) < 4.78 is 36.1. The second-order valence-electron chi connectivity index (χ2n) is 9.36. The Morgan fingerprint density at radius 3 is 2.45 bits per heavy atom. The molecule has 3 heterocycles. The van der Waals surface area contributed by atoms with Crippen LogP contribution in [0.5, 0.6) is 5.75 Å². The minimum Gasteiger partial charge on any atom is -0.493 e. The molecule has 0 atom stereocenters. The molecule has 0 bridgehead atoms. The minimum absolute atomic E-state index is 0.137. The van der Waals surface area contributed by atoms with E-state index in [9.17, 15) is 13.2 Å². The lowest BCUT2D eigenvalue weighted by atomic mass is 10.1. The highest BCUT2D eigenvalue weighted by molar-refractivity contribution is 7.89. The minimum atomic E-state index is -3.74. The first kappa shape index (κ1) is 26.1. The number of fused-ring (bicyclic) bond motifs is 1. The molecule has 200 valence electrons. The summed E-state index contributed by atoms with van der Waals surface area (Å²) in [5.41, 5.74) is 1.86. The van der Waals surface area contributed by atoms with E-state index in [2.05, 4.69) is 15.0 Å². The van der Waals surface area contributed by atoms with Gasteiger partial charge in [0.25, 0.3) is 5.56 Å². The number of H-pyrrole nitrogens is 1. The van der Waals surface area contributed by atoms with Gasteiger partial charge in [-0.3, -0.25) is 4.79 Å². The van der Waals surface area contributed by atoms with Crippen molar-refractivity contribution < 1.29 is 13.2 Å². The van der Waals surface area contributed by atoms with Crippen molar-refractivity contribution in [2.24, 2.45) is 0 Å².